The number of hydrazone groups is 1. The third-order valence-electron chi connectivity index (χ3n) is 5.05. The van der Waals surface area contributed by atoms with E-state index in [-0.39, 0.29) is 11.9 Å². The van der Waals surface area contributed by atoms with Crippen molar-refractivity contribution < 1.29 is 4.79 Å². The number of benzene rings is 1. The first kappa shape index (κ1) is 20.5. The van der Waals surface area contributed by atoms with E-state index in [2.05, 4.69) is 52.6 Å². The van der Waals surface area contributed by atoms with Gasteiger partial charge in [0.2, 0.25) is 0 Å². The van der Waals surface area contributed by atoms with E-state index in [1.165, 1.54) is 5.56 Å². The van der Waals surface area contributed by atoms with Gasteiger partial charge in [0, 0.05) is 18.5 Å². The number of hydrogen-bond donors (Lipinski definition) is 1. The van der Waals surface area contributed by atoms with Crippen molar-refractivity contribution in [2.45, 2.75) is 38.6 Å². The summed E-state index contributed by atoms with van der Waals surface area (Å²) < 4.78 is 0. The summed E-state index contributed by atoms with van der Waals surface area (Å²) in [6.07, 6.45) is 8.96. The van der Waals surface area contributed by atoms with E-state index in [0.29, 0.717) is 17.8 Å². The third kappa shape index (κ3) is 4.99. The van der Waals surface area contributed by atoms with Crippen molar-refractivity contribution in [3.8, 4) is 0 Å². The van der Waals surface area contributed by atoms with Gasteiger partial charge in [-0.15, -0.1) is 0 Å². The first-order chi connectivity index (χ1) is 14.2. The van der Waals surface area contributed by atoms with Crippen molar-refractivity contribution in [3.63, 3.8) is 0 Å². The third-order valence-corrected chi connectivity index (χ3v) is 5.05. The minimum absolute atomic E-state index is 0.0961. The highest BCUT2D eigenvalue weighted by molar-refractivity contribution is 6.43. The maximum atomic E-state index is 12.9. The van der Waals surface area contributed by atoms with Gasteiger partial charge < -0.3 is 5.32 Å². The number of amides is 1. The zero-order chi connectivity index (χ0) is 20.6. The second-order valence-corrected chi connectivity index (χ2v) is 7.11. The molecule has 1 unspecified atom stereocenters. The van der Waals surface area contributed by atoms with Gasteiger partial charge in [-0.2, -0.15) is 5.10 Å². The monoisotopic (exact) mass is 388 g/mol. The molecule has 1 amide bonds. The Labute approximate surface area is 172 Å². The van der Waals surface area contributed by atoms with Crippen LogP contribution in [0.2, 0.25) is 0 Å². The molecule has 2 aromatic rings. The molecule has 0 saturated heterocycles. The summed E-state index contributed by atoms with van der Waals surface area (Å²) in [6.45, 7) is 10.6. The molecule has 1 aliphatic heterocycles. The molecule has 5 heteroatoms. The zero-order valence-corrected chi connectivity index (χ0v) is 17.0. The van der Waals surface area contributed by atoms with E-state index >= 15 is 0 Å². The molecule has 5 nitrogen and oxygen atoms in total. The Balaban J connectivity index is 1.76. The normalized spacial score (nSPS) is 15.7. The first-order valence-corrected chi connectivity index (χ1v) is 10.1. The molecule has 0 radical (unpaired) electrons. The molecule has 3 rings (SSSR count). The first-order valence-electron chi connectivity index (χ1n) is 10.1. The van der Waals surface area contributed by atoms with Gasteiger partial charge in [0.05, 0.1) is 23.6 Å². The zero-order valence-electron chi connectivity index (χ0n) is 17.0. The van der Waals surface area contributed by atoms with Crippen molar-refractivity contribution in [1.82, 2.24) is 9.99 Å². The van der Waals surface area contributed by atoms with Crippen molar-refractivity contribution in [2.75, 3.05) is 11.9 Å². The largest absolute Gasteiger partial charge is 0.319 e. The van der Waals surface area contributed by atoms with Crippen LogP contribution in [0.4, 0.5) is 5.69 Å². The second-order valence-electron chi connectivity index (χ2n) is 7.11. The topological polar surface area (TPSA) is 57.6 Å². The number of nitrogens with one attached hydrogen (secondary N) is 1. The van der Waals surface area contributed by atoms with Crippen molar-refractivity contribution >= 4 is 29.5 Å². The van der Waals surface area contributed by atoms with Crippen LogP contribution in [-0.2, 0) is 4.79 Å². The number of nitrogens with zero attached hydrogens (tertiary/aromatic N) is 3. The minimum atomic E-state index is -0.188. The highest BCUT2D eigenvalue weighted by atomic mass is 16.2. The van der Waals surface area contributed by atoms with Gasteiger partial charge in [-0.05, 0) is 24.1 Å². The fourth-order valence-electron chi connectivity index (χ4n) is 3.48. The summed E-state index contributed by atoms with van der Waals surface area (Å²) in [5.74, 6) is -0.188. The number of rotatable bonds is 9. The molecule has 0 saturated carbocycles. The molecule has 1 atom stereocenters. The van der Waals surface area contributed by atoms with Crippen molar-refractivity contribution in [3.05, 3.63) is 72.6 Å². The van der Waals surface area contributed by atoms with Crippen LogP contribution in [0.1, 0.15) is 55.5 Å². The number of unbranched alkanes of at least 4 members (excludes halogenated alkanes) is 2. The molecule has 29 heavy (non-hydrogen) atoms. The fourth-order valence-corrected chi connectivity index (χ4v) is 3.48. The molecule has 1 N–H and O–H groups in total. The summed E-state index contributed by atoms with van der Waals surface area (Å²) in [7, 11) is 0. The van der Waals surface area contributed by atoms with E-state index in [0.717, 1.165) is 37.1 Å². The summed E-state index contributed by atoms with van der Waals surface area (Å²) in [6, 6.07) is 12.2. The van der Waals surface area contributed by atoms with E-state index in [1.54, 1.807) is 18.3 Å². The molecule has 150 valence electrons. The number of hydrogen-bond acceptors (Lipinski definition) is 4. The predicted molar refractivity (Wildman–Crippen MR) is 121 cm³/mol. The molecule has 0 aliphatic carbocycles. The van der Waals surface area contributed by atoms with Crippen LogP contribution in [0.25, 0.3) is 12.2 Å². The molecule has 1 aliphatic rings. The number of aromatic nitrogens is 1. The van der Waals surface area contributed by atoms with E-state index in [4.69, 9.17) is 0 Å². The molecule has 1 aromatic heterocycles. The Morgan fingerprint density at radius 3 is 2.72 bits per heavy atom. The van der Waals surface area contributed by atoms with Crippen LogP contribution in [0, 0.1) is 0 Å². The Morgan fingerprint density at radius 1 is 1.24 bits per heavy atom. The molecule has 0 spiro atoms. The Bertz CT molecular complexity index is 904. The number of anilines is 1. The Kier molecular flexibility index (Phi) is 6.95. The molecule has 1 aromatic carbocycles. The highest BCUT2D eigenvalue weighted by Crippen LogP contribution is 2.31. The van der Waals surface area contributed by atoms with Crippen LogP contribution in [-0.4, -0.2) is 28.2 Å². The lowest BCUT2D eigenvalue weighted by atomic mass is 10.0. The number of carbonyl (C=O) groups is 1. The maximum Gasteiger partial charge on any atom is 0.271 e. The van der Waals surface area contributed by atoms with E-state index < -0.39 is 0 Å². The lowest BCUT2D eigenvalue weighted by molar-refractivity contribution is -0.110. The molecular formula is C24H28N4O. The molecule has 0 bridgehead atoms. The van der Waals surface area contributed by atoms with Crippen LogP contribution in [0.15, 0.2) is 60.9 Å². The van der Waals surface area contributed by atoms with Gasteiger partial charge in [-0.3, -0.25) is 14.8 Å². The van der Waals surface area contributed by atoms with Gasteiger partial charge in [0.1, 0.15) is 5.71 Å². The smallest absolute Gasteiger partial charge is 0.271 e. The quantitative estimate of drug-likeness (QED) is 0.593. The van der Waals surface area contributed by atoms with Crippen molar-refractivity contribution in [2.24, 2.45) is 5.10 Å². The summed E-state index contributed by atoms with van der Waals surface area (Å²) >= 11 is 0. The van der Waals surface area contributed by atoms with Gasteiger partial charge in [0.25, 0.3) is 5.91 Å². The van der Waals surface area contributed by atoms with Crippen LogP contribution in [0.3, 0.4) is 0 Å². The SMILES string of the molecule is C=Cc1cc(NC(=O)C2=NN(CCCCC)C(c3ccccc3)C2)cnc1C=C. The predicted octanol–water partition coefficient (Wildman–Crippen LogP) is 5.30. The van der Waals surface area contributed by atoms with Crippen LogP contribution in [0.5, 0.6) is 0 Å². The molecular weight excluding hydrogens is 360 g/mol. The summed E-state index contributed by atoms with van der Waals surface area (Å²) in [5.41, 5.74) is 3.92. The molecule has 0 fully saturated rings. The summed E-state index contributed by atoms with van der Waals surface area (Å²) in [5, 5.41) is 9.66. The lowest BCUT2D eigenvalue weighted by Gasteiger charge is -2.23. The Morgan fingerprint density at radius 2 is 2.03 bits per heavy atom. The lowest BCUT2D eigenvalue weighted by Crippen LogP contribution is -2.22. The van der Waals surface area contributed by atoms with E-state index in [1.807, 2.05) is 24.3 Å². The average molecular weight is 389 g/mol. The van der Waals surface area contributed by atoms with E-state index in [9.17, 15) is 4.79 Å². The van der Waals surface area contributed by atoms with Crippen LogP contribution < -0.4 is 5.32 Å². The van der Waals surface area contributed by atoms with Crippen LogP contribution >= 0.6 is 0 Å². The van der Waals surface area contributed by atoms with Gasteiger partial charge in [-0.1, -0.05) is 69.3 Å². The fraction of sp³-hybridized carbons (Fsp3) is 0.292. The highest BCUT2D eigenvalue weighted by Gasteiger charge is 2.31. The second kappa shape index (κ2) is 9.82. The average Bonchev–Trinajstić information content (AvgIpc) is 3.19. The van der Waals surface area contributed by atoms with Gasteiger partial charge in [0.15, 0.2) is 0 Å². The number of carbonyl (C=O) groups excluding carboxylic acids is 1. The van der Waals surface area contributed by atoms with Gasteiger partial charge >= 0.3 is 0 Å². The maximum absolute atomic E-state index is 12.9. The standard InChI is InChI=1S/C24H28N4O/c1-4-7-11-14-28-23(19-12-9-8-10-13-19)16-22(27-28)24(29)26-20-15-18(5-2)21(6-3)25-17-20/h5-6,8-10,12-13,15,17,23H,2-4,7,11,14,16H2,1H3,(H,26,29). The molecule has 2 heterocycles. The minimum Gasteiger partial charge on any atom is -0.319 e. The Hall–Kier alpha value is -3.21. The van der Waals surface area contributed by atoms with Crippen molar-refractivity contribution in [1.29, 1.82) is 0 Å². The summed E-state index contributed by atoms with van der Waals surface area (Å²) in [4.78, 5) is 17.2. The number of pyridine rings is 1. The van der Waals surface area contributed by atoms with Gasteiger partial charge in [-0.25, -0.2) is 0 Å².